The first-order chi connectivity index (χ1) is 21.9. The SMILES string of the molecule is CCOc1cc(-c2ncc(NC(=O)Nc3ccc(C(C)OC(N)=O)c(C(F)(F)F)c3)c(C)n2)cnc1OCc1ccc(OC)cc1. The molecule has 2 aromatic heterocycles. The standard InChI is InChI=1S/C31H31F3N6O6/c1-5-44-26-12-20(14-37-28(26)45-16-19-6-9-22(43-4)10-7-19)27-36-15-25(17(2)38-27)40-30(42)39-21-8-11-23(18(3)46-29(35)41)24(13-21)31(32,33)34/h6-15,18H,5,16H2,1-4H3,(H2,35,41)(H2,39,40,42). The lowest BCUT2D eigenvalue weighted by molar-refractivity contribution is -0.139. The van der Waals surface area contributed by atoms with Gasteiger partial charge in [0.25, 0.3) is 5.88 Å². The summed E-state index contributed by atoms with van der Waals surface area (Å²) < 4.78 is 62.6. The number of halogens is 3. The summed E-state index contributed by atoms with van der Waals surface area (Å²) in [6, 6.07) is 11.3. The van der Waals surface area contributed by atoms with Gasteiger partial charge in [-0.2, -0.15) is 13.2 Å². The van der Waals surface area contributed by atoms with E-state index in [2.05, 4.69) is 30.3 Å². The number of amides is 3. The van der Waals surface area contributed by atoms with Crippen molar-refractivity contribution >= 4 is 23.5 Å². The molecular weight excluding hydrogens is 609 g/mol. The Hall–Kier alpha value is -5.60. The maximum absolute atomic E-state index is 13.7. The van der Waals surface area contributed by atoms with E-state index in [4.69, 9.17) is 19.9 Å². The number of nitrogens with one attached hydrogen (secondary N) is 2. The molecule has 15 heteroatoms. The quantitative estimate of drug-likeness (QED) is 0.163. The number of rotatable bonds is 11. The maximum Gasteiger partial charge on any atom is 0.416 e. The number of urea groups is 1. The lowest BCUT2D eigenvalue weighted by Crippen LogP contribution is -2.22. The van der Waals surface area contributed by atoms with E-state index in [1.54, 1.807) is 20.1 Å². The molecule has 0 saturated heterocycles. The summed E-state index contributed by atoms with van der Waals surface area (Å²) >= 11 is 0. The number of hydrogen-bond donors (Lipinski definition) is 3. The van der Waals surface area contributed by atoms with Gasteiger partial charge in [-0.15, -0.1) is 0 Å². The Morgan fingerprint density at radius 1 is 1.00 bits per heavy atom. The Kier molecular flexibility index (Phi) is 10.5. The summed E-state index contributed by atoms with van der Waals surface area (Å²) in [7, 11) is 1.59. The number of nitrogens with two attached hydrogens (primary N) is 1. The highest BCUT2D eigenvalue weighted by molar-refractivity contribution is 6.00. The molecule has 4 N–H and O–H groups in total. The van der Waals surface area contributed by atoms with E-state index < -0.39 is 30.0 Å². The average Bonchev–Trinajstić information content (AvgIpc) is 3.01. The van der Waals surface area contributed by atoms with Crippen LogP contribution in [0.5, 0.6) is 17.4 Å². The summed E-state index contributed by atoms with van der Waals surface area (Å²) in [6.07, 6.45) is -4.39. The highest BCUT2D eigenvalue weighted by Gasteiger charge is 2.35. The van der Waals surface area contributed by atoms with Crippen molar-refractivity contribution in [1.29, 1.82) is 0 Å². The zero-order valence-electron chi connectivity index (χ0n) is 25.3. The minimum absolute atomic E-state index is 0.154. The number of anilines is 2. The molecule has 1 unspecified atom stereocenters. The molecule has 0 aliphatic rings. The smallest absolute Gasteiger partial charge is 0.416 e. The summed E-state index contributed by atoms with van der Waals surface area (Å²) in [4.78, 5) is 36.8. The van der Waals surface area contributed by atoms with E-state index in [1.807, 2.05) is 31.2 Å². The molecule has 0 saturated carbocycles. The monoisotopic (exact) mass is 640 g/mol. The van der Waals surface area contributed by atoms with Gasteiger partial charge < -0.3 is 35.3 Å². The largest absolute Gasteiger partial charge is 0.497 e. The van der Waals surface area contributed by atoms with E-state index in [0.717, 1.165) is 23.4 Å². The average molecular weight is 641 g/mol. The number of pyridine rings is 1. The number of aryl methyl sites for hydroxylation is 1. The van der Waals surface area contributed by atoms with Gasteiger partial charge in [-0.25, -0.2) is 24.5 Å². The minimum atomic E-state index is -4.79. The van der Waals surface area contributed by atoms with Crippen LogP contribution in [0.25, 0.3) is 11.4 Å². The van der Waals surface area contributed by atoms with Crippen LogP contribution in [-0.4, -0.2) is 40.8 Å². The number of alkyl halides is 3. The Morgan fingerprint density at radius 3 is 2.37 bits per heavy atom. The zero-order valence-corrected chi connectivity index (χ0v) is 25.3. The molecule has 0 aliphatic carbocycles. The highest BCUT2D eigenvalue weighted by atomic mass is 19.4. The van der Waals surface area contributed by atoms with Gasteiger partial charge in [0.2, 0.25) is 0 Å². The number of benzene rings is 2. The normalized spacial score (nSPS) is 11.7. The van der Waals surface area contributed by atoms with Gasteiger partial charge in [-0.05, 0) is 56.7 Å². The Morgan fingerprint density at radius 2 is 1.74 bits per heavy atom. The maximum atomic E-state index is 13.7. The molecule has 2 aromatic carbocycles. The van der Waals surface area contributed by atoms with Gasteiger partial charge in [0, 0.05) is 23.0 Å². The molecule has 0 bridgehead atoms. The number of primary amides is 1. The molecule has 0 spiro atoms. The van der Waals surface area contributed by atoms with Gasteiger partial charge in [0.05, 0.1) is 36.9 Å². The first kappa shape index (κ1) is 33.3. The molecule has 0 radical (unpaired) electrons. The van der Waals surface area contributed by atoms with E-state index in [0.29, 0.717) is 23.6 Å². The summed E-state index contributed by atoms with van der Waals surface area (Å²) in [5, 5.41) is 4.88. The number of aromatic nitrogens is 3. The zero-order chi connectivity index (χ0) is 33.4. The minimum Gasteiger partial charge on any atom is -0.497 e. The second kappa shape index (κ2) is 14.5. The fourth-order valence-corrected chi connectivity index (χ4v) is 4.28. The van der Waals surface area contributed by atoms with Crippen molar-refractivity contribution in [3.63, 3.8) is 0 Å². The molecule has 12 nitrogen and oxygen atoms in total. The molecule has 1 atom stereocenters. The second-order valence-electron chi connectivity index (χ2n) is 9.75. The summed E-state index contributed by atoms with van der Waals surface area (Å²) in [6.45, 7) is 5.31. The van der Waals surface area contributed by atoms with E-state index in [1.165, 1.54) is 25.4 Å². The molecule has 4 aromatic rings. The van der Waals surface area contributed by atoms with E-state index in [-0.39, 0.29) is 35.2 Å². The number of ether oxygens (including phenoxy) is 4. The first-order valence-electron chi connectivity index (χ1n) is 13.9. The third-order valence-corrected chi connectivity index (χ3v) is 6.49. The Labute approximate surface area is 262 Å². The summed E-state index contributed by atoms with van der Waals surface area (Å²) in [5.41, 5.74) is 5.39. The molecular formula is C31H31F3N6O6. The van der Waals surface area contributed by atoms with Crippen LogP contribution in [0, 0.1) is 6.92 Å². The molecule has 0 fully saturated rings. The Balaban J connectivity index is 1.46. The van der Waals surface area contributed by atoms with Crippen LogP contribution < -0.4 is 30.6 Å². The molecule has 3 amide bonds. The number of carbonyl (C=O) groups excluding carboxylic acids is 2. The second-order valence-corrected chi connectivity index (χ2v) is 9.75. The van der Waals surface area contributed by atoms with Crippen molar-refractivity contribution in [3.05, 3.63) is 83.3 Å². The molecule has 46 heavy (non-hydrogen) atoms. The van der Waals surface area contributed by atoms with E-state index in [9.17, 15) is 22.8 Å². The number of carbonyl (C=O) groups is 2. The molecule has 0 aliphatic heterocycles. The van der Waals surface area contributed by atoms with Crippen molar-refractivity contribution in [2.24, 2.45) is 5.73 Å². The van der Waals surface area contributed by atoms with Crippen LogP contribution in [0.2, 0.25) is 0 Å². The third-order valence-electron chi connectivity index (χ3n) is 6.49. The number of methoxy groups -OCH3 is 1. The van der Waals surface area contributed by atoms with Crippen LogP contribution >= 0.6 is 0 Å². The predicted molar refractivity (Wildman–Crippen MR) is 162 cm³/mol. The van der Waals surface area contributed by atoms with Gasteiger partial charge >= 0.3 is 18.3 Å². The van der Waals surface area contributed by atoms with Crippen molar-refractivity contribution < 1.29 is 41.7 Å². The fraction of sp³-hybridized carbons (Fsp3) is 0.258. The lowest BCUT2D eigenvalue weighted by atomic mass is 10.0. The number of nitrogens with zero attached hydrogens (tertiary/aromatic N) is 3. The van der Waals surface area contributed by atoms with Crippen LogP contribution in [-0.2, 0) is 17.5 Å². The highest BCUT2D eigenvalue weighted by Crippen LogP contribution is 2.37. The van der Waals surface area contributed by atoms with Crippen LogP contribution in [0.15, 0.2) is 60.9 Å². The van der Waals surface area contributed by atoms with Crippen molar-refractivity contribution in [2.75, 3.05) is 24.4 Å². The number of hydrogen-bond acceptors (Lipinski definition) is 9. The van der Waals surface area contributed by atoms with Gasteiger partial charge in [-0.3, -0.25) is 0 Å². The van der Waals surface area contributed by atoms with Gasteiger partial charge in [0.15, 0.2) is 11.6 Å². The van der Waals surface area contributed by atoms with Gasteiger partial charge in [0.1, 0.15) is 18.5 Å². The van der Waals surface area contributed by atoms with Crippen molar-refractivity contribution in [2.45, 2.75) is 39.7 Å². The lowest BCUT2D eigenvalue weighted by Gasteiger charge is -2.19. The predicted octanol–water partition coefficient (Wildman–Crippen LogP) is 6.65. The first-order valence-corrected chi connectivity index (χ1v) is 13.9. The molecule has 2 heterocycles. The van der Waals surface area contributed by atoms with E-state index >= 15 is 0 Å². The fourth-order valence-electron chi connectivity index (χ4n) is 4.28. The van der Waals surface area contributed by atoms with Crippen LogP contribution in [0.3, 0.4) is 0 Å². The van der Waals surface area contributed by atoms with Crippen molar-refractivity contribution in [1.82, 2.24) is 15.0 Å². The molecule has 242 valence electrons. The van der Waals surface area contributed by atoms with Gasteiger partial charge in [-0.1, -0.05) is 18.2 Å². The Bertz CT molecular complexity index is 1700. The van der Waals surface area contributed by atoms with Crippen LogP contribution in [0.1, 0.15) is 42.3 Å². The summed E-state index contributed by atoms with van der Waals surface area (Å²) in [5.74, 6) is 1.69. The topological polar surface area (TPSA) is 160 Å². The van der Waals surface area contributed by atoms with Crippen LogP contribution in [0.4, 0.5) is 34.1 Å². The third kappa shape index (κ3) is 8.52. The van der Waals surface area contributed by atoms with Crippen molar-refractivity contribution in [3.8, 4) is 28.8 Å². The molecule has 4 rings (SSSR count).